The molecule has 164 valence electrons. The Morgan fingerprint density at radius 2 is 1.72 bits per heavy atom. The van der Waals surface area contributed by atoms with E-state index >= 15 is 0 Å². The highest BCUT2D eigenvalue weighted by molar-refractivity contribution is 7.99. The van der Waals surface area contributed by atoms with Gasteiger partial charge in [0.2, 0.25) is 0 Å². The quantitative estimate of drug-likeness (QED) is 0.264. The highest BCUT2D eigenvalue weighted by atomic mass is 32.2. The van der Waals surface area contributed by atoms with Crippen molar-refractivity contribution in [2.45, 2.75) is 22.8 Å². The summed E-state index contributed by atoms with van der Waals surface area (Å²) >= 11 is 1.48. The third kappa shape index (κ3) is 5.86. The first-order valence-electron chi connectivity index (χ1n) is 9.50. The normalized spacial score (nSPS) is 11.8. The number of nitrogens with zero attached hydrogens (tertiary/aromatic N) is 2. The molecule has 3 aromatic carbocycles. The summed E-state index contributed by atoms with van der Waals surface area (Å²) in [4.78, 5) is 27.8. The predicted octanol–water partition coefficient (Wildman–Crippen LogP) is 5.36. The molecule has 1 atom stereocenters. The van der Waals surface area contributed by atoms with Crippen molar-refractivity contribution in [3.63, 3.8) is 0 Å². The number of benzene rings is 3. The van der Waals surface area contributed by atoms with E-state index in [9.17, 15) is 14.9 Å². The molecule has 0 amide bonds. The second-order valence-electron chi connectivity index (χ2n) is 6.58. The van der Waals surface area contributed by atoms with Crippen LogP contribution < -0.4 is 9.47 Å². The number of para-hydroxylation sites is 1. The number of ether oxygens (including phenoxy) is 2. The Labute approximate surface area is 188 Å². The molecular weight excluding hydrogens is 432 g/mol. The Balaban J connectivity index is 1.74. The van der Waals surface area contributed by atoms with Crippen molar-refractivity contribution in [3.8, 4) is 11.5 Å². The predicted molar refractivity (Wildman–Crippen MR) is 122 cm³/mol. The van der Waals surface area contributed by atoms with E-state index < -0.39 is 17.0 Å². The first kappa shape index (κ1) is 22.8. The first-order valence-corrected chi connectivity index (χ1v) is 10.3. The monoisotopic (exact) mass is 452 g/mol. The standard InChI is InChI=1S/C23H20N2O6S/c1-15(23(26)27)31-22-16(4-3-5-21(22)30-2)14-24-17-6-10-19(11-7-17)32-20-12-8-18(9-13-20)25(28)29/h3-15H,1-2H3,(H,26,27)/t15-/m0/s1. The van der Waals surface area contributed by atoms with E-state index in [0.717, 1.165) is 9.79 Å². The number of carbonyl (C=O) groups is 1. The molecule has 0 aliphatic rings. The lowest BCUT2D eigenvalue weighted by Crippen LogP contribution is -2.23. The van der Waals surface area contributed by atoms with Gasteiger partial charge in [-0.3, -0.25) is 15.1 Å². The maximum atomic E-state index is 11.2. The first-order chi connectivity index (χ1) is 15.4. The number of carboxylic acid groups (broad SMARTS) is 1. The molecule has 0 fully saturated rings. The molecule has 0 heterocycles. The van der Waals surface area contributed by atoms with Crippen LogP contribution in [-0.4, -0.2) is 35.4 Å². The van der Waals surface area contributed by atoms with Crippen LogP contribution in [0.3, 0.4) is 0 Å². The van der Waals surface area contributed by atoms with E-state index in [2.05, 4.69) is 4.99 Å². The molecule has 9 heteroatoms. The zero-order valence-corrected chi connectivity index (χ0v) is 18.1. The lowest BCUT2D eigenvalue weighted by atomic mass is 10.2. The van der Waals surface area contributed by atoms with Crippen molar-refractivity contribution in [2.24, 2.45) is 4.99 Å². The third-order valence-electron chi connectivity index (χ3n) is 4.34. The number of hydrogen-bond donors (Lipinski definition) is 1. The fourth-order valence-electron chi connectivity index (χ4n) is 2.66. The molecule has 0 saturated carbocycles. The van der Waals surface area contributed by atoms with Crippen molar-refractivity contribution in [1.29, 1.82) is 0 Å². The van der Waals surface area contributed by atoms with Gasteiger partial charge in [0.25, 0.3) is 5.69 Å². The van der Waals surface area contributed by atoms with Gasteiger partial charge in [-0.1, -0.05) is 17.8 Å². The van der Waals surface area contributed by atoms with E-state index in [0.29, 0.717) is 22.7 Å². The molecule has 0 spiro atoms. The zero-order chi connectivity index (χ0) is 23.1. The molecule has 0 aliphatic heterocycles. The number of methoxy groups -OCH3 is 1. The topological polar surface area (TPSA) is 111 Å². The van der Waals surface area contributed by atoms with Gasteiger partial charge in [-0.05, 0) is 55.5 Å². The summed E-state index contributed by atoms with van der Waals surface area (Å²) in [5.74, 6) is -0.365. The second-order valence-corrected chi connectivity index (χ2v) is 7.73. The maximum absolute atomic E-state index is 11.2. The highest BCUT2D eigenvalue weighted by Gasteiger charge is 2.17. The van der Waals surface area contributed by atoms with E-state index in [4.69, 9.17) is 14.6 Å². The third-order valence-corrected chi connectivity index (χ3v) is 5.36. The fraction of sp³-hybridized carbons (Fsp3) is 0.130. The second kappa shape index (κ2) is 10.5. The number of carboxylic acids is 1. The van der Waals surface area contributed by atoms with Crippen LogP contribution in [0.2, 0.25) is 0 Å². The van der Waals surface area contributed by atoms with Gasteiger partial charge in [0, 0.05) is 33.7 Å². The summed E-state index contributed by atoms with van der Waals surface area (Å²) in [6.07, 6.45) is 0.541. The van der Waals surface area contributed by atoms with Gasteiger partial charge in [0.15, 0.2) is 17.6 Å². The Bertz CT molecular complexity index is 1130. The smallest absolute Gasteiger partial charge is 0.344 e. The zero-order valence-electron chi connectivity index (χ0n) is 17.3. The number of nitro benzene ring substituents is 1. The largest absolute Gasteiger partial charge is 0.493 e. The number of non-ortho nitro benzene ring substituents is 1. The van der Waals surface area contributed by atoms with Crippen LogP contribution in [0.25, 0.3) is 0 Å². The van der Waals surface area contributed by atoms with Gasteiger partial charge >= 0.3 is 5.97 Å². The lowest BCUT2D eigenvalue weighted by Gasteiger charge is -2.15. The van der Waals surface area contributed by atoms with Crippen LogP contribution in [0.15, 0.2) is 81.5 Å². The van der Waals surface area contributed by atoms with Crippen LogP contribution in [0.5, 0.6) is 11.5 Å². The van der Waals surface area contributed by atoms with Gasteiger partial charge in [-0.15, -0.1) is 0 Å². The Hall–Kier alpha value is -3.85. The highest BCUT2D eigenvalue weighted by Crippen LogP contribution is 2.32. The summed E-state index contributed by atoms with van der Waals surface area (Å²) in [6, 6.07) is 19.0. The molecule has 0 aliphatic carbocycles. The van der Waals surface area contributed by atoms with Crippen LogP contribution in [0.1, 0.15) is 12.5 Å². The molecule has 0 saturated heterocycles. The summed E-state index contributed by atoms with van der Waals surface area (Å²) in [5.41, 5.74) is 1.33. The van der Waals surface area contributed by atoms with Crippen molar-refractivity contribution < 1.29 is 24.3 Å². The Morgan fingerprint density at radius 1 is 1.09 bits per heavy atom. The number of rotatable bonds is 9. The Kier molecular flexibility index (Phi) is 7.45. The molecule has 0 radical (unpaired) electrons. The van der Waals surface area contributed by atoms with Gasteiger partial charge in [0.1, 0.15) is 0 Å². The minimum absolute atomic E-state index is 0.0534. The average Bonchev–Trinajstić information content (AvgIpc) is 2.79. The molecule has 32 heavy (non-hydrogen) atoms. The molecule has 8 nitrogen and oxygen atoms in total. The van der Waals surface area contributed by atoms with E-state index in [1.54, 1.807) is 36.5 Å². The van der Waals surface area contributed by atoms with Gasteiger partial charge in [-0.2, -0.15) is 0 Å². The number of nitro groups is 1. The van der Waals surface area contributed by atoms with Crippen molar-refractivity contribution in [2.75, 3.05) is 7.11 Å². The summed E-state index contributed by atoms with van der Waals surface area (Å²) in [7, 11) is 1.48. The molecule has 3 aromatic rings. The Morgan fingerprint density at radius 3 is 2.28 bits per heavy atom. The van der Waals surface area contributed by atoms with E-state index in [1.807, 2.05) is 24.3 Å². The van der Waals surface area contributed by atoms with Crippen LogP contribution in [0, 0.1) is 10.1 Å². The molecule has 0 unspecified atom stereocenters. The molecule has 0 aromatic heterocycles. The summed E-state index contributed by atoms with van der Waals surface area (Å²) in [6.45, 7) is 1.44. The number of aliphatic carboxylic acids is 1. The van der Waals surface area contributed by atoms with Gasteiger partial charge in [-0.25, -0.2) is 4.79 Å². The fourth-order valence-corrected chi connectivity index (χ4v) is 3.48. The van der Waals surface area contributed by atoms with E-state index in [1.165, 1.54) is 37.9 Å². The maximum Gasteiger partial charge on any atom is 0.344 e. The minimum atomic E-state index is -1.08. The van der Waals surface area contributed by atoms with Crippen LogP contribution in [-0.2, 0) is 4.79 Å². The van der Waals surface area contributed by atoms with Gasteiger partial charge < -0.3 is 14.6 Å². The average molecular weight is 452 g/mol. The molecule has 3 rings (SSSR count). The van der Waals surface area contributed by atoms with Crippen LogP contribution >= 0.6 is 11.8 Å². The number of hydrogen-bond acceptors (Lipinski definition) is 7. The van der Waals surface area contributed by atoms with E-state index in [-0.39, 0.29) is 5.69 Å². The minimum Gasteiger partial charge on any atom is -0.493 e. The lowest BCUT2D eigenvalue weighted by molar-refractivity contribution is -0.384. The number of aliphatic imine (C=N–C) groups is 1. The summed E-state index contributed by atoms with van der Waals surface area (Å²) < 4.78 is 10.9. The van der Waals surface area contributed by atoms with Crippen molar-refractivity contribution in [3.05, 3.63) is 82.4 Å². The molecule has 1 N–H and O–H groups in total. The van der Waals surface area contributed by atoms with Crippen molar-refractivity contribution in [1.82, 2.24) is 0 Å². The summed E-state index contributed by atoms with van der Waals surface area (Å²) in [5, 5.41) is 19.9. The van der Waals surface area contributed by atoms with Crippen molar-refractivity contribution >= 4 is 35.3 Å². The van der Waals surface area contributed by atoms with Crippen LogP contribution in [0.4, 0.5) is 11.4 Å². The molecular formula is C23H20N2O6S. The SMILES string of the molecule is COc1cccc(C=Nc2ccc(Sc3ccc([N+](=O)[O-])cc3)cc2)c1O[C@@H](C)C(=O)O. The van der Waals surface area contributed by atoms with Gasteiger partial charge in [0.05, 0.1) is 17.7 Å². The molecule has 0 bridgehead atoms.